The fourth-order valence-electron chi connectivity index (χ4n) is 2.95. The molecule has 0 saturated carbocycles. The first-order valence-electron chi connectivity index (χ1n) is 9.38. The number of nitrogens with one attached hydrogen (secondary N) is 1. The van der Waals surface area contributed by atoms with Gasteiger partial charge in [-0.05, 0) is 46.7 Å². The number of benzene rings is 2. The second kappa shape index (κ2) is 10.4. The van der Waals surface area contributed by atoms with E-state index >= 15 is 0 Å². The number of aliphatic hydroxyl groups is 1. The summed E-state index contributed by atoms with van der Waals surface area (Å²) in [6.07, 6.45) is -0.663. The molecule has 7 heteroatoms. The van der Waals surface area contributed by atoms with Crippen LogP contribution in [0.25, 0.3) is 10.4 Å². The maximum Gasteiger partial charge on any atom is 0.253 e. The summed E-state index contributed by atoms with van der Waals surface area (Å²) in [7, 11) is 1.53. The van der Waals surface area contributed by atoms with Crippen molar-refractivity contribution in [3.63, 3.8) is 0 Å². The number of ether oxygens (including phenoxy) is 2. The third-order valence-corrected chi connectivity index (χ3v) is 5.43. The molecule has 3 aromatic rings. The van der Waals surface area contributed by atoms with Crippen molar-refractivity contribution < 1.29 is 19.4 Å². The van der Waals surface area contributed by atoms with Crippen LogP contribution < -0.4 is 14.8 Å². The SMILES string of the molecule is COc1cc(CCNC(=O)C(O)c2ccc(-c3cccs3)cc2)ccc1OCC#N. The Morgan fingerprint density at radius 1 is 1.20 bits per heavy atom. The van der Waals surface area contributed by atoms with Gasteiger partial charge in [-0.15, -0.1) is 11.3 Å². The number of amides is 1. The number of rotatable bonds is 9. The summed E-state index contributed by atoms with van der Waals surface area (Å²) >= 11 is 1.64. The topological polar surface area (TPSA) is 91.6 Å². The van der Waals surface area contributed by atoms with Gasteiger partial charge in [-0.1, -0.05) is 36.4 Å². The van der Waals surface area contributed by atoms with Crippen molar-refractivity contribution in [2.45, 2.75) is 12.5 Å². The van der Waals surface area contributed by atoms with E-state index in [1.807, 2.05) is 41.8 Å². The van der Waals surface area contributed by atoms with E-state index in [4.69, 9.17) is 14.7 Å². The summed E-state index contributed by atoms with van der Waals surface area (Å²) in [6, 6.07) is 18.7. The van der Waals surface area contributed by atoms with Crippen LogP contribution in [0.15, 0.2) is 60.0 Å². The molecule has 0 fully saturated rings. The lowest BCUT2D eigenvalue weighted by molar-refractivity contribution is -0.129. The molecular formula is C23H22N2O4S. The largest absolute Gasteiger partial charge is 0.493 e. The van der Waals surface area contributed by atoms with Crippen molar-refractivity contribution >= 4 is 17.2 Å². The van der Waals surface area contributed by atoms with Gasteiger partial charge in [0.1, 0.15) is 6.07 Å². The molecule has 1 heterocycles. The van der Waals surface area contributed by atoms with E-state index in [1.54, 1.807) is 35.6 Å². The average molecular weight is 423 g/mol. The Labute approximate surface area is 179 Å². The van der Waals surface area contributed by atoms with Gasteiger partial charge in [0, 0.05) is 11.4 Å². The van der Waals surface area contributed by atoms with Gasteiger partial charge in [0.05, 0.1) is 7.11 Å². The fourth-order valence-corrected chi connectivity index (χ4v) is 3.68. The van der Waals surface area contributed by atoms with E-state index in [-0.39, 0.29) is 6.61 Å². The van der Waals surface area contributed by atoms with Gasteiger partial charge in [-0.3, -0.25) is 4.79 Å². The molecular weight excluding hydrogens is 400 g/mol. The molecule has 0 bridgehead atoms. The molecule has 0 aliphatic carbocycles. The second-order valence-electron chi connectivity index (χ2n) is 6.47. The number of carbonyl (C=O) groups excluding carboxylic acids is 1. The summed E-state index contributed by atoms with van der Waals surface area (Å²) in [5.74, 6) is 0.577. The predicted molar refractivity (Wildman–Crippen MR) is 116 cm³/mol. The van der Waals surface area contributed by atoms with Crippen molar-refractivity contribution in [3.8, 4) is 28.0 Å². The van der Waals surface area contributed by atoms with E-state index in [0.29, 0.717) is 30.0 Å². The molecule has 3 rings (SSSR count). The van der Waals surface area contributed by atoms with Crippen LogP contribution in [-0.4, -0.2) is 31.3 Å². The Morgan fingerprint density at radius 2 is 2.00 bits per heavy atom. The van der Waals surface area contributed by atoms with Crippen molar-refractivity contribution in [2.75, 3.05) is 20.3 Å². The molecule has 0 saturated heterocycles. The van der Waals surface area contributed by atoms with Gasteiger partial charge in [0.25, 0.3) is 5.91 Å². The molecule has 0 aliphatic rings. The lowest BCUT2D eigenvalue weighted by Gasteiger charge is -2.13. The van der Waals surface area contributed by atoms with Crippen LogP contribution in [-0.2, 0) is 11.2 Å². The molecule has 2 N–H and O–H groups in total. The van der Waals surface area contributed by atoms with Gasteiger partial charge in [-0.2, -0.15) is 5.26 Å². The van der Waals surface area contributed by atoms with Gasteiger partial charge in [0.15, 0.2) is 24.2 Å². The van der Waals surface area contributed by atoms with Crippen molar-refractivity contribution in [3.05, 3.63) is 71.1 Å². The zero-order chi connectivity index (χ0) is 21.3. The molecule has 1 aromatic heterocycles. The first-order chi connectivity index (χ1) is 14.6. The third kappa shape index (κ3) is 5.38. The van der Waals surface area contributed by atoms with Crippen LogP contribution in [0.1, 0.15) is 17.2 Å². The summed E-state index contributed by atoms with van der Waals surface area (Å²) < 4.78 is 10.6. The Morgan fingerprint density at radius 3 is 2.67 bits per heavy atom. The first-order valence-corrected chi connectivity index (χ1v) is 10.3. The van der Waals surface area contributed by atoms with E-state index in [0.717, 1.165) is 16.0 Å². The van der Waals surface area contributed by atoms with Crippen molar-refractivity contribution in [1.82, 2.24) is 5.32 Å². The minimum absolute atomic E-state index is 0.0576. The molecule has 30 heavy (non-hydrogen) atoms. The predicted octanol–water partition coefficient (Wildman–Crippen LogP) is 3.72. The van der Waals surface area contributed by atoms with Crippen LogP contribution in [0.3, 0.4) is 0 Å². The Kier molecular flexibility index (Phi) is 7.44. The molecule has 2 aromatic carbocycles. The van der Waals surface area contributed by atoms with Crippen LogP contribution in [0.2, 0.25) is 0 Å². The Bertz CT molecular complexity index is 1010. The maximum atomic E-state index is 12.3. The zero-order valence-corrected chi connectivity index (χ0v) is 17.3. The number of thiophene rings is 1. The standard InChI is InChI=1S/C23H22N2O4S/c1-28-20-15-16(4-9-19(20)29-13-11-24)10-12-25-23(27)22(26)18-7-5-17(6-8-18)21-3-2-14-30-21/h2-9,14-15,22,26H,10,12-13H2,1H3,(H,25,27). The molecule has 0 radical (unpaired) electrons. The van der Waals surface area contributed by atoms with Crippen LogP contribution in [0, 0.1) is 11.3 Å². The second-order valence-corrected chi connectivity index (χ2v) is 7.42. The van der Waals surface area contributed by atoms with Crippen LogP contribution in [0.4, 0.5) is 0 Å². The molecule has 0 spiro atoms. The minimum Gasteiger partial charge on any atom is -0.493 e. The summed E-state index contributed by atoms with van der Waals surface area (Å²) in [4.78, 5) is 13.4. The van der Waals surface area contributed by atoms with Crippen LogP contribution >= 0.6 is 11.3 Å². The zero-order valence-electron chi connectivity index (χ0n) is 16.5. The van der Waals surface area contributed by atoms with Crippen LogP contribution in [0.5, 0.6) is 11.5 Å². The minimum atomic E-state index is -1.22. The molecule has 1 amide bonds. The van der Waals surface area contributed by atoms with Gasteiger partial charge >= 0.3 is 0 Å². The number of nitriles is 1. The maximum absolute atomic E-state index is 12.3. The van der Waals surface area contributed by atoms with E-state index in [9.17, 15) is 9.90 Å². The lowest BCUT2D eigenvalue weighted by atomic mass is 10.1. The molecule has 0 aliphatic heterocycles. The number of nitrogens with zero attached hydrogens (tertiary/aromatic N) is 1. The lowest BCUT2D eigenvalue weighted by Crippen LogP contribution is -2.30. The molecule has 6 nitrogen and oxygen atoms in total. The average Bonchev–Trinajstić information content (AvgIpc) is 3.32. The normalized spacial score (nSPS) is 11.4. The van der Waals surface area contributed by atoms with E-state index in [1.165, 1.54) is 7.11 Å². The van der Waals surface area contributed by atoms with E-state index < -0.39 is 12.0 Å². The highest BCUT2D eigenvalue weighted by Gasteiger charge is 2.17. The summed E-state index contributed by atoms with van der Waals surface area (Å²) in [5, 5.41) is 23.7. The fraction of sp³-hybridized carbons (Fsp3) is 0.217. The highest BCUT2D eigenvalue weighted by molar-refractivity contribution is 7.13. The number of hydrogen-bond donors (Lipinski definition) is 2. The number of hydrogen-bond acceptors (Lipinski definition) is 6. The highest BCUT2D eigenvalue weighted by atomic mass is 32.1. The monoisotopic (exact) mass is 422 g/mol. The van der Waals surface area contributed by atoms with Gasteiger partial charge in [0.2, 0.25) is 0 Å². The first kappa shape index (κ1) is 21.4. The Hall–Kier alpha value is -3.34. The summed E-state index contributed by atoms with van der Waals surface area (Å²) in [5.41, 5.74) is 2.54. The molecule has 154 valence electrons. The van der Waals surface area contributed by atoms with Crippen molar-refractivity contribution in [1.29, 1.82) is 5.26 Å². The third-order valence-electron chi connectivity index (χ3n) is 4.51. The van der Waals surface area contributed by atoms with E-state index in [2.05, 4.69) is 5.32 Å². The van der Waals surface area contributed by atoms with Gasteiger partial charge < -0.3 is 19.9 Å². The van der Waals surface area contributed by atoms with Crippen molar-refractivity contribution in [2.24, 2.45) is 0 Å². The van der Waals surface area contributed by atoms with Gasteiger partial charge in [-0.25, -0.2) is 0 Å². The highest BCUT2D eigenvalue weighted by Crippen LogP contribution is 2.28. The molecule has 1 unspecified atom stereocenters. The Balaban J connectivity index is 1.53. The smallest absolute Gasteiger partial charge is 0.253 e. The summed E-state index contributed by atoms with van der Waals surface area (Å²) in [6.45, 7) is 0.308. The number of carbonyl (C=O) groups is 1. The number of aliphatic hydroxyl groups excluding tert-OH is 1. The number of methoxy groups -OCH3 is 1. The quantitative estimate of drug-likeness (QED) is 0.548. The molecule has 1 atom stereocenters.